The van der Waals surface area contributed by atoms with Gasteiger partial charge in [-0.3, -0.25) is 14.2 Å². The Bertz CT molecular complexity index is 1050. The maximum Gasteiger partial charge on any atom is 0.263 e. The molecule has 3 rings (SSSR count). The van der Waals surface area contributed by atoms with Crippen molar-refractivity contribution >= 4 is 50.6 Å². The summed E-state index contributed by atoms with van der Waals surface area (Å²) in [6.07, 6.45) is 2.50. The minimum Gasteiger partial charge on any atom is -0.355 e. The first-order valence-corrected chi connectivity index (χ1v) is 11.6. The summed E-state index contributed by atoms with van der Waals surface area (Å²) < 4.78 is 1.61. The van der Waals surface area contributed by atoms with Gasteiger partial charge in [-0.05, 0) is 44.2 Å². The highest BCUT2D eigenvalue weighted by Crippen LogP contribution is 2.29. The quantitative estimate of drug-likeness (QED) is 0.329. The predicted molar refractivity (Wildman–Crippen MR) is 120 cm³/mol. The highest BCUT2D eigenvalue weighted by molar-refractivity contribution is 8.00. The van der Waals surface area contributed by atoms with Crippen molar-refractivity contribution in [2.45, 2.75) is 44.1 Å². The maximum absolute atomic E-state index is 13.0. The Labute approximate surface area is 176 Å². The van der Waals surface area contributed by atoms with Gasteiger partial charge in [-0.15, -0.1) is 29.3 Å². The Morgan fingerprint density at radius 3 is 2.93 bits per heavy atom. The second-order valence-corrected chi connectivity index (χ2v) is 9.99. The molecule has 0 aliphatic heterocycles. The van der Waals surface area contributed by atoms with E-state index in [1.165, 1.54) is 28.0 Å². The molecule has 0 aliphatic carbocycles. The summed E-state index contributed by atoms with van der Waals surface area (Å²) >= 11 is 4.52. The van der Waals surface area contributed by atoms with Gasteiger partial charge in [-0.1, -0.05) is 23.9 Å². The van der Waals surface area contributed by atoms with Crippen molar-refractivity contribution in [2.75, 3.05) is 6.54 Å². The van der Waals surface area contributed by atoms with Gasteiger partial charge in [0.1, 0.15) is 4.83 Å². The molecule has 0 aromatic carbocycles. The molecule has 1 unspecified atom stereocenters. The third-order valence-electron chi connectivity index (χ3n) is 4.47. The highest BCUT2D eigenvalue weighted by atomic mass is 32.2. The van der Waals surface area contributed by atoms with Crippen LogP contribution in [0, 0.1) is 13.8 Å². The number of aromatic nitrogens is 2. The van der Waals surface area contributed by atoms with Crippen LogP contribution in [-0.4, -0.2) is 27.3 Å². The van der Waals surface area contributed by atoms with E-state index < -0.39 is 0 Å². The second kappa shape index (κ2) is 9.07. The minimum atomic E-state index is -0.356. The Morgan fingerprint density at radius 1 is 1.46 bits per heavy atom. The molecule has 0 aliphatic rings. The van der Waals surface area contributed by atoms with Gasteiger partial charge in [0.2, 0.25) is 5.91 Å². The van der Waals surface area contributed by atoms with E-state index in [0.717, 1.165) is 21.7 Å². The van der Waals surface area contributed by atoms with E-state index >= 15 is 0 Å². The number of hydrogen-bond donors (Lipinski definition) is 1. The third kappa shape index (κ3) is 4.39. The molecule has 3 heterocycles. The number of hydrogen-bond acceptors (Lipinski definition) is 6. The maximum atomic E-state index is 13.0. The number of amides is 1. The fourth-order valence-corrected chi connectivity index (χ4v) is 5.53. The molecular formula is C20H23N3O2S3. The lowest BCUT2D eigenvalue weighted by molar-refractivity contribution is -0.120. The Balaban J connectivity index is 1.78. The molecular weight excluding hydrogens is 410 g/mol. The zero-order chi connectivity index (χ0) is 20.3. The zero-order valence-corrected chi connectivity index (χ0v) is 18.6. The standard InChI is InChI=1S/C20H23N3O2S3/c1-5-10-23-19(25)16-12(2)13(3)27-18(16)22-20(23)28-14(4)17(24)21-9-8-15-7-6-11-26-15/h5-7,11,14H,1,8-10H2,2-4H3,(H,21,24). The third-order valence-corrected chi connectivity index (χ3v) is 7.60. The largest absolute Gasteiger partial charge is 0.355 e. The number of allylic oxidation sites excluding steroid dienone is 1. The molecule has 3 aromatic rings. The van der Waals surface area contributed by atoms with E-state index in [4.69, 9.17) is 4.98 Å². The summed E-state index contributed by atoms with van der Waals surface area (Å²) in [6, 6.07) is 4.07. The molecule has 148 valence electrons. The summed E-state index contributed by atoms with van der Waals surface area (Å²) in [5, 5.41) is 5.87. The molecule has 0 radical (unpaired) electrons. The number of rotatable bonds is 8. The molecule has 8 heteroatoms. The average molecular weight is 434 g/mol. The van der Waals surface area contributed by atoms with Crippen LogP contribution in [0.5, 0.6) is 0 Å². The summed E-state index contributed by atoms with van der Waals surface area (Å²) in [6.45, 7) is 10.5. The highest BCUT2D eigenvalue weighted by Gasteiger charge is 2.21. The van der Waals surface area contributed by atoms with E-state index in [1.807, 2.05) is 32.2 Å². The first-order valence-electron chi connectivity index (χ1n) is 9.00. The number of aryl methyl sites for hydroxylation is 2. The molecule has 0 fully saturated rings. The lowest BCUT2D eigenvalue weighted by atomic mass is 10.2. The predicted octanol–water partition coefficient (Wildman–Crippen LogP) is 4.16. The average Bonchev–Trinajstić information content (AvgIpc) is 3.26. The Hall–Kier alpha value is -1.90. The summed E-state index contributed by atoms with van der Waals surface area (Å²) in [5.41, 5.74) is 0.908. The molecule has 0 bridgehead atoms. The molecule has 0 spiro atoms. The van der Waals surface area contributed by atoms with E-state index in [1.54, 1.807) is 22.0 Å². The molecule has 28 heavy (non-hydrogen) atoms. The van der Waals surface area contributed by atoms with Gasteiger partial charge in [0, 0.05) is 22.8 Å². The van der Waals surface area contributed by atoms with Crippen LogP contribution in [-0.2, 0) is 17.8 Å². The topological polar surface area (TPSA) is 64.0 Å². The number of nitrogens with zero attached hydrogens (tertiary/aromatic N) is 2. The van der Waals surface area contributed by atoms with Crippen LogP contribution in [0.2, 0.25) is 0 Å². The number of fused-ring (bicyclic) bond motifs is 1. The minimum absolute atomic E-state index is 0.0559. The number of carbonyl (C=O) groups excluding carboxylic acids is 1. The molecule has 5 nitrogen and oxygen atoms in total. The van der Waals surface area contributed by atoms with E-state index in [2.05, 4.69) is 18.0 Å². The van der Waals surface area contributed by atoms with Gasteiger partial charge in [0.25, 0.3) is 5.56 Å². The van der Waals surface area contributed by atoms with E-state index in [-0.39, 0.29) is 16.7 Å². The van der Waals surface area contributed by atoms with Crippen LogP contribution in [0.4, 0.5) is 0 Å². The summed E-state index contributed by atoms with van der Waals surface area (Å²) in [5.74, 6) is -0.0559. The summed E-state index contributed by atoms with van der Waals surface area (Å²) in [4.78, 5) is 33.3. The van der Waals surface area contributed by atoms with Crippen LogP contribution >= 0.6 is 34.4 Å². The first-order chi connectivity index (χ1) is 13.4. The van der Waals surface area contributed by atoms with Gasteiger partial charge in [0.15, 0.2) is 5.16 Å². The molecule has 1 amide bonds. The van der Waals surface area contributed by atoms with E-state index in [0.29, 0.717) is 23.6 Å². The van der Waals surface area contributed by atoms with Crippen molar-refractivity contribution in [1.29, 1.82) is 0 Å². The number of thioether (sulfide) groups is 1. The molecule has 3 aromatic heterocycles. The number of thiophene rings is 2. The van der Waals surface area contributed by atoms with Crippen molar-refractivity contribution < 1.29 is 4.79 Å². The van der Waals surface area contributed by atoms with Crippen LogP contribution in [0.1, 0.15) is 22.2 Å². The van der Waals surface area contributed by atoms with Gasteiger partial charge in [-0.2, -0.15) is 0 Å². The van der Waals surface area contributed by atoms with Crippen molar-refractivity contribution in [2.24, 2.45) is 0 Å². The van der Waals surface area contributed by atoms with Crippen molar-refractivity contribution in [3.8, 4) is 0 Å². The van der Waals surface area contributed by atoms with Gasteiger partial charge >= 0.3 is 0 Å². The molecule has 1 atom stereocenters. The number of nitrogens with one attached hydrogen (secondary N) is 1. The van der Waals surface area contributed by atoms with Crippen LogP contribution < -0.4 is 10.9 Å². The first kappa shape index (κ1) is 20.8. The van der Waals surface area contributed by atoms with Crippen LogP contribution in [0.25, 0.3) is 10.2 Å². The van der Waals surface area contributed by atoms with Gasteiger partial charge in [-0.25, -0.2) is 4.98 Å². The zero-order valence-electron chi connectivity index (χ0n) is 16.2. The number of carbonyl (C=O) groups is 1. The lowest BCUT2D eigenvalue weighted by Crippen LogP contribution is -2.33. The fourth-order valence-electron chi connectivity index (χ4n) is 2.81. The van der Waals surface area contributed by atoms with Crippen LogP contribution in [0.3, 0.4) is 0 Å². The Morgan fingerprint density at radius 2 is 2.25 bits per heavy atom. The Kier molecular flexibility index (Phi) is 6.74. The second-order valence-electron chi connectivity index (χ2n) is 6.44. The normalized spacial score (nSPS) is 12.2. The fraction of sp³-hybridized carbons (Fsp3) is 0.350. The van der Waals surface area contributed by atoms with Crippen molar-refractivity contribution in [1.82, 2.24) is 14.9 Å². The van der Waals surface area contributed by atoms with Crippen molar-refractivity contribution in [3.63, 3.8) is 0 Å². The SMILES string of the molecule is C=CCn1c(SC(C)C(=O)NCCc2cccs2)nc2sc(C)c(C)c2c1=O. The molecule has 0 saturated heterocycles. The smallest absolute Gasteiger partial charge is 0.263 e. The van der Waals surface area contributed by atoms with Crippen molar-refractivity contribution in [3.05, 3.63) is 55.8 Å². The van der Waals surface area contributed by atoms with Gasteiger partial charge in [0.05, 0.1) is 10.6 Å². The lowest BCUT2D eigenvalue weighted by Gasteiger charge is -2.15. The monoisotopic (exact) mass is 433 g/mol. The van der Waals surface area contributed by atoms with E-state index in [9.17, 15) is 9.59 Å². The molecule has 0 saturated carbocycles. The molecule has 1 N–H and O–H groups in total. The van der Waals surface area contributed by atoms with Gasteiger partial charge < -0.3 is 5.32 Å². The van der Waals surface area contributed by atoms with Crippen LogP contribution in [0.15, 0.2) is 40.1 Å². The summed E-state index contributed by atoms with van der Waals surface area (Å²) in [7, 11) is 0.